The molecule has 1 aromatic carbocycles. The molecule has 0 spiro atoms. The number of para-hydroxylation sites is 1. The average molecular weight is 310 g/mol. The van der Waals surface area contributed by atoms with Gasteiger partial charge in [-0.05, 0) is 12.1 Å². The lowest BCUT2D eigenvalue weighted by atomic mass is 10.1. The molecule has 112 valence electrons. The van der Waals surface area contributed by atoms with E-state index in [4.69, 9.17) is 0 Å². The molecule has 0 saturated carbocycles. The molecule has 1 aliphatic rings. The van der Waals surface area contributed by atoms with E-state index in [1.807, 2.05) is 6.07 Å². The van der Waals surface area contributed by atoms with Crippen LogP contribution in [-0.4, -0.2) is 47.3 Å². The normalized spacial score (nSPS) is 14.8. The largest absolute Gasteiger partial charge is 0.506 e. The van der Waals surface area contributed by atoms with Crippen LogP contribution in [0.1, 0.15) is 10.5 Å². The van der Waals surface area contributed by atoms with Crippen molar-refractivity contribution in [1.29, 1.82) is 0 Å². The van der Waals surface area contributed by atoms with Gasteiger partial charge in [-0.3, -0.25) is 0 Å². The van der Waals surface area contributed by atoms with Gasteiger partial charge in [0, 0.05) is 37.3 Å². The monoisotopic (exact) mass is 309 g/mol. The number of hydrogen-bond donors (Lipinski definition) is 3. The Balaban J connectivity index is 0.00000161. The number of rotatable bonds is 2. The molecule has 0 atom stereocenters. The first kappa shape index (κ1) is 15.3. The number of hydrogen-bond acceptors (Lipinski definition) is 5. The number of nitrogens with zero attached hydrogens (tertiary/aromatic N) is 2. The summed E-state index contributed by atoms with van der Waals surface area (Å²) in [5, 5.41) is 23.1. The van der Waals surface area contributed by atoms with Crippen molar-refractivity contribution >= 4 is 35.0 Å². The Morgan fingerprint density at radius 3 is 2.67 bits per heavy atom. The molecule has 0 bridgehead atoms. The molecule has 3 N–H and O–H groups in total. The van der Waals surface area contributed by atoms with Crippen LogP contribution in [0.3, 0.4) is 0 Å². The summed E-state index contributed by atoms with van der Waals surface area (Å²) in [4.78, 5) is 17.4. The van der Waals surface area contributed by atoms with E-state index in [2.05, 4.69) is 15.2 Å². The van der Waals surface area contributed by atoms with E-state index in [-0.39, 0.29) is 23.9 Å². The molecule has 1 aliphatic heterocycles. The van der Waals surface area contributed by atoms with Crippen LogP contribution in [0.5, 0.6) is 5.75 Å². The zero-order valence-corrected chi connectivity index (χ0v) is 12.1. The Bertz CT molecular complexity index is 672. The van der Waals surface area contributed by atoms with Crippen LogP contribution in [-0.2, 0) is 0 Å². The summed E-state index contributed by atoms with van der Waals surface area (Å²) < 4.78 is 0. The summed E-state index contributed by atoms with van der Waals surface area (Å²) in [5.74, 6) is -1.09. The van der Waals surface area contributed by atoms with Crippen molar-refractivity contribution in [2.24, 2.45) is 0 Å². The predicted octanol–water partition coefficient (Wildman–Crippen LogP) is 1.47. The third-order valence-corrected chi connectivity index (χ3v) is 3.47. The first-order chi connectivity index (χ1) is 9.66. The Kier molecular flexibility index (Phi) is 4.50. The Labute approximate surface area is 127 Å². The van der Waals surface area contributed by atoms with E-state index in [0.29, 0.717) is 5.52 Å². The second-order valence-corrected chi connectivity index (χ2v) is 4.74. The number of aromatic carboxylic acids is 1. The lowest BCUT2D eigenvalue weighted by Gasteiger charge is -2.30. The predicted molar refractivity (Wildman–Crippen MR) is 82.7 cm³/mol. The van der Waals surface area contributed by atoms with Crippen LogP contribution in [0.25, 0.3) is 10.9 Å². The average Bonchev–Trinajstić information content (AvgIpc) is 2.47. The molecule has 0 radical (unpaired) electrons. The number of carboxylic acid groups (broad SMARTS) is 1. The fraction of sp³-hybridized carbons (Fsp3) is 0.286. The lowest BCUT2D eigenvalue weighted by Crippen LogP contribution is -2.43. The maximum absolute atomic E-state index is 11.2. The molecule has 2 heterocycles. The van der Waals surface area contributed by atoms with E-state index in [9.17, 15) is 15.0 Å². The van der Waals surface area contributed by atoms with Crippen molar-refractivity contribution < 1.29 is 15.0 Å². The van der Waals surface area contributed by atoms with Gasteiger partial charge in [0.2, 0.25) is 0 Å². The zero-order chi connectivity index (χ0) is 14.1. The number of halogens is 1. The van der Waals surface area contributed by atoms with Crippen LogP contribution in [0.2, 0.25) is 0 Å². The molecule has 0 unspecified atom stereocenters. The van der Waals surface area contributed by atoms with Crippen LogP contribution in [0, 0.1) is 0 Å². The third-order valence-electron chi connectivity index (χ3n) is 3.47. The number of aromatic nitrogens is 1. The minimum atomic E-state index is -1.09. The number of phenols is 1. The Morgan fingerprint density at radius 1 is 1.29 bits per heavy atom. The molecule has 21 heavy (non-hydrogen) atoms. The molecule has 0 aliphatic carbocycles. The molecule has 7 heteroatoms. The fourth-order valence-electron chi connectivity index (χ4n) is 2.49. The molecule has 2 aromatic rings. The van der Waals surface area contributed by atoms with Crippen molar-refractivity contribution in [2.75, 3.05) is 31.1 Å². The van der Waals surface area contributed by atoms with Gasteiger partial charge in [0.05, 0.1) is 0 Å². The minimum Gasteiger partial charge on any atom is -0.506 e. The number of phenolic OH excluding ortho intramolecular Hbond substituents is 1. The SMILES string of the molecule is Cl.O=C(O)c1cc(N2CCNCC2)c2cccc(O)c2n1. The summed E-state index contributed by atoms with van der Waals surface area (Å²) in [6.45, 7) is 3.30. The van der Waals surface area contributed by atoms with Crippen molar-refractivity contribution in [3.8, 4) is 5.75 Å². The maximum atomic E-state index is 11.2. The summed E-state index contributed by atoms with van der Waals surface area (Å²) >= 11 is 0. The minimum absolute atomic E-state index is 0. The smallest absolute Gasteiger partial charge is 0.354 e. The van der Waals surface area contributed by atoms with Crippen molar-refractivity contribution in [3.05, 3.63) is 30.0 Å². The van der Waals surface area contributed by atoms with Gasteiger partial charge in [-0.25, -0.2) is 9.78 Å². The van der Waals surface area contributed by atoms with Crippen LogP contribution in [0.15, 0.2) is 24.3 Å². The number of nitrogens with one attached hydrogen (secondary N) is 1. The first-order valence-electron chi connectivity index (χ1n) is 6.48. The van der Waals surface area contributed by atoms with E-state index in [0.717, 1.165) is 37.3 Å². The third kappa shape index (κ3) is 2.86. The van der Waals surface area contributed by atoms with E-state index in [1.165, 1.54) is 6.07 Å². The number of anilines is 1. The topological polar surface area (TPSA) is 85.7 Å². The van der Waals surface area contributed by atoms with Crippen molar-refractivity contribution in [1.82, 2.24) is 10.3 Å². The van der Waals surface area contributed by atoms with E-state index in [1.54, 1.807) is 12.1 Å². The van der Waals surface area contributed by atoms with Gasteiger partial charge in [0.15, 0.2) is 5.69 Å². The quantitative estimate of drug-likeness (QED) is 0.779. The number of pyridine rings is 1. The number of fused-ring (bicyclic) bond motifs is 1. The second-order valence-electron chi connectivity index (χ2n) is 4.74. The fourth-order valence-corrected chi connectivity index (χ4v) is 2.49. The van der Waals surface area contributed by atoms with Crippen LogP contribution >= 0.6 is 12.4 Å². The molecule has 3 rings (SSSR count). The lowest BCUT2D eigenvalue weighted by molar-refractivity contribution is 0.0691. The number of carbonyl (C=O) groups is 1. The molecular weight excluding hydrogens is 294 g/mol. The summed E-state index contributed by atoms with van der Waals surface area (Å²) in [7, 11) is 0. The highest BCUT2D eigenvalue weighted by Gasteiger charge is 2.18. The highest BCUT2D eigenvalue weighted by molar-refractivity contribution is 5.99. The number of benzene rings is 1. The second kappa shape index (κ2) is 6.15. The van der Waals surface area contributed by atoms with Gasteiger partial charge in [0.25, 0.3) is 0 Å². The summed E-state index contributed by atoms with van der Waals surface area (Å²) in [6, 6.07) is 6.69. The van der Waals surface area contributed by atoms with Gasteiger partial charge < -0.3 is 20.4 Å². The Hall–Kier alpha value is -2.05. The molecule has 1 fully saturated rings. The van der Waals surface area contributed by atoms with Crippen LogP contribution < -0.4 is 10.2 Å². The summed E-state index contributed by atoms with van der Waals surface area (Å²) in [5.41, 5.74) is 1.10. The number of aromatic hydroxyl groups is 1. The molecule has 6 nitrogen and oxygen atoms in total. The molecule has 1 saturated heterocycles. The molecule has 0 amide bonds. The van der Waals surface area contributed by atoms with Crippen molar-refractivity contribution in [3.63, 3.8) is 0 Å². The standard InChI is InChI=1S/C14H15N3O3.ClH/c18-12-3-1-2-9-11(17-6-4-15-5-7-17)8-10(14(19)20)16-13(9)12;/h1-3,8,15,18H,4-7H2,(H,19,20);1H. The number of piperazine rings is 1. The van der Waals surface area contributed by atoms with Crippen LogP contribution in [0.4, 0.5) is 5.69 Å². The first-order valence-corrected chi connectivity index (χ1v) is 6.48. The maximum Gasteiger partial charge on any atom is 0.354 e. The van der Waals surface area contributed by atoms with Gasteiger partial charge >= 0.3 is 5.97 Å². The Morgan fingerprint density at radius 2 is 2.00 bits per heavy atom. The van der Waals surface area contributed by atoms with E-state index < -0.39 is 5.97 Å². The zero-order valence-electron chi connectivity index (χ0n) is 11.2. The van der Waals surface area contributed by atoms with Crippen molar-refractivity contribution in [2.45, 2.75) is 0 Å². The van der Waals surface area contributed by atoms with Gasteiger partial charge in [-0.1, -0.05) is 12.1 Å². The number of carboxylic acids is 1. The van der Waals surface area contributed by atoms with Gasteiger partial charge in [-0.15, -0.1) is 12.4 Å². The van der Waals surface area contributed by atoms with E-state index >= 15 is 0 Å². The van der Waals surface area contributed by atoms with Gasteiger partial charge in [0.1, 0.15) is 11.3 Å². The van der Waals surface area contributed by atoms with Gasteiger partial charge in [-0.2, -0.15) is 0 Å². The molecule has 1 aromatic heterocycles. The molecular formula is C14H16ClN3O3. The highest BCUT2D eigenvalue weighted by Crippen LogP contribution is 2.31. The summed E-state index contributed by atoms with van der Waals surface area (Å²) in [6.07, 6.45) is 0. The highest BCUT2D eigenvalue weighted by atomic mass is 35.5.